The molecule has 1 aromatic rings. The second kappa shape index (κ2) is 8.16. The lowest BCUT2D eigenvalue weighted by Gasteiger charge is -2.14. The van der Waals surface area contributed by atoms with E-state index in [4.69, 9.17) is 5.11 Å². The first-order valence-electron chi connectivity index (χ1n) is 6.03. The van der Waals surface area contributed by atoms with Crippen molar-refractivity contribution in [2.45, 2.75) is 38.8 Å². The zero-order chi connectivity index (χ0) is 14.3. The van der Waals surface area contributed by atoms with Crippen molar-refractivity contribution in [3.05, 3.63) is 20.8 Å². The van der Waals surface area contributed by atoms with Gasteiger partial charge in [0.2, 0.25) is 0 Å². The van der Waals surface area contributed by atoms with Crippen molar-refractivity contribution in [2.75, 3.05) is 0 Å². The number of unbranched alkanes of at least 4 members (excludes halogenated alkanes) is 1. The molecule has 1 heterocycles. The number of thiophene rings is 1. The van der Waals surface area contributed by atoms with E-state index in [1.54, 1.807) is 0 Å². The molecule has 0 aromatic carbocycles. The summed E-state index contributed by atoms with van der Waals surface area (Å²) in [4.78, 5) is 23.6. The Morgan fingerprint density at radius 1 is 1.53 bits per heavy atom. The van der Waals surface area contributed by atoms with Crippen LogP contribution in [0.3, 0.4) is 0 Å². The fourth-order valence-electron chi connectivity index (χ4n) is 1.49. The smallest absolute Gasteiger partial charge is 0.326 e. The summed E-state index contributed by atoms with van der Waals surface area (Å²) in [6.07, 6.45) is 2.12. The van der Waals surface area contributed by atoms with E-state index in [0.29, 0.717) is 13.0 Å². The van der Waals surface area contributed by atoms with Crippen LogP contribution >= 0.6 is 27.3 Å². The zero-order valence-electron chi connectivity index (χ0n) is 10.6. The maximum atomic E-state index is 11.6. The van der Waals surface area contributed by atoms with Gasteiger partial charge in [0.25, 0.3) is 0 Å². The maximum absolute atomic E-state index is 11.6. The molecule has 3 N–H and O–H groups in total. The van der Waals surface area contributed by atoms with Gasteiger partial charge < -0.3 is 15.7 Å². The molecule has 2 amide bonds. The van der Waals surface area contributed by atoms with Crippen LogP contribution in [0.1, 0.15) is 31.1 Å². The van der Waals surface area contributed by atoms with E-state index in [9.17, 15) is 9.59 Å². The van der Waals surface area contributed by atoms with Crippen LogP contribution in [0.4, 0.5) is 4.79 Å². The summed E-state index contributed by atoms with van der Waals surface area (Å²) in [6.45, 7) is 2.37. The Morgan fingerprint density at radius 2 is 2.26 bits per heavy atom. The summed E-state index contributed by atoms with van der Waals surface area (Å²) in [6, 6.07) is 0.638. The molecule has 0 bridgehead atoms. The molecule has 7 heteroatoms. The fraction of sp³-hybridized carbons (Fsp3) is 0.500. The number of nitrogens with one attached hydrogen (secondary N) is 2. The number of carbonyl (C=O) groups is 2. The minimum absolute atomic E-state index is 0.391. The SMILES string of the molecule is CCCCC(NC(=O)NCc1cc(Br)cs1)C(=O)O. The summed E-state index contributed by atoms with van der Waals surface area (Å²) in [5.74, 6) is -0.998. The molecule has 0 aliphatic heterocycles. The van der Waals surface area contributed by atoms with Crippen LogP contribution in [0.5, 0.6) is 0 Å². The molecule has 0 aliphatic rings. The third kappa shape index (κ3) is 6.07. The van der Waals surface area contributed by atoms with Crippen LogP contribution in [-0.4, -0.2) is 23.1 Å². The monoisotopic (exact) mass is 348 g/mol. The Hall–Kier alpha value is -1.08. The summed E-state index contributed by atoms with van der Waals surface area (Å²) in [7, 11) is 0. The van der Waals surface area contributed by atoms with Crippen molar-refractivity contribution in [3.8, 4) is 0 Å². The summed E-state index contributed by atoms with van der Waals surface area (Å²) in [5, 5.41) is 16.0. The van der Waals surface area contributed by atoms with E-state index in [1.807, 2.05) is 18.4 Å². The molecule has 0 spiro atoms. The minimum Gasteiger partial charge on any atom is -0.480 e. The van der Waals surface area contributed by atoms with Gasteiger partial charge in [0.05, 0.1) is 6.54 Å². The van der Waals surface area contributed by atoms with Crippen molar-refractivity contribution in [1.29, 1.82) is 0 Å². The van der Waals surface area contributed by atoms with Crippen LogP contribution < -0.4 is 10.6 Å². The number of carboxylic acids is 1. The molecule has 106 valence electrons. The number of carbonyl (C=O) groups excluding carboxylic acids is 1. The average molecular weight is 349 g/mol. The van der Waals surface area contributed by atoms with Crippen LogP contribution in [0, 0.1) is 0 Å². The molecule has 1 unspecified atom stereocenters. The van der Waals surface area contributed by atoms with Gasteiger partial charge in [-0.3, -0.25) is 0 Å². The Labute approximate surface area is 124 Å². The predicted octanol–water partition coefficient (Wildman–Crippen LogP) is 2.95. The van der Waals surface area contributed by atoms with E-state index in [1.165, 1.54) is 11.3 Å². The van der Waals surface area contributed by atoms with Crippen molar-refractivity contribution in [3.63, 3.8) is 0 Å². The number of urea groups is 1. The first-order valence-corrected chi connectivity index (χ1v) is 7.70. The van der Waals surface area contributed by atoms with Gasteiger partial charge in [0, 0.05) is 14.7 Å². The second-order valence-corrected chi connectivity index (χ2v) is 6.00. The standard InChI is InChI=1S/C12H17BrN2O3S/c1-2-3-4-10(11(16)17)15-12(18)14-6-9-5-8(13)7-19-9/h5,7,10H,2-4,6H2,1H3,(H,16,17)(H2,14,15,18). The number of aliphatic carboxylic acids is 1. The molecular formula is C12H17BrN2O3S. The molecule has 0 radical (unpaired) electrons. The molecule has 19 heavy (non-hydrogen) atoms. The lowest BCUT2D eigenvalue weighted by molar-refractivity contribution is -0.139. The number of rotatable bonds is 7. The molecule has 1 aromatic heterocycles. The van der Waals surface area contributed by atoms with Crippen LogP contribution in [0.15, 0.2) is 15.9 Å². The van der Waals surface area contributed by atoms with Crippen molar-refractivity contribution in [1.82, 2.24) is 10.6 Å². The van der Waals surface area contributed by atoms with Gasteiger partial charge in [-0.2, -0.15) is 0 Å². The van der Waals surface area contributed by atoms with Gasteiger partial charge in [-0.25, -0.2) is 9.59 Å². The van der Waals surface area contributed by atoms with Gasteiger partial charge >= 0.3 is 12.0 Å². The van der Waals surface area contributed by atoms with E-state index in [0.717, 1.165) is 22.2 Å². The topological polar surface area (TPSA) is 78.4 Å². The van der Waals surface area contributed by atoms with E-state index in [-0.39, 0.29) is 0 Å². The molecule has 0 saturated carbocycles. The lowest BCUT2D eigenvalue weighted by Crippen LogP contribution is -2.45. The molecule has 0 fully saturated rings. The number of hydrogen-bond acceptors (Lipinski definition) is 3. The zero-order valence-corrected chi connectivity index (χ0v) is 13.0. The molecule has 1 atom stereocenters. The molecule has 5 nitrogen and oxygen atoms in total. The number of halogens is 1. The highest BCUT2D eigenvalue weighted by atomic mass is 79.9. The van der Waals surface area contributed by atoms with E-state index < -0.39 is 18.0 Å². The van der Waals surface area contributed by atoms with Crippen LogP contribution in [0.2, 0.25) is 0 Å². The van der Waals surface area contributed by atoms with Gasteiger partial charge in [-0.1, -0.05) is 19.8 Å². The van der Waals surface area contributed by atoms with E-state index in [2.05, 4.69) is 26.6 Å². The van der Waals surface area contributed by atoms with E-state index >= 15 is 0 Å². The summed E-state index contributed by atoms with van der Waals surface area (Å²) >= 11 is 4.86. The normalized spacial score (nSPS) is 11.9. The Kier molecular flexibility index (Phi) is 6.86. The third-order valence-electron chi connectivity index (χ3n) is 2.49. The van der Waals surface area contributed by atoms with Gasteiger partial charge in [0.1, 0.15) is 6.04 Å². The summed E-state index contributed by atoms with van der Waals surface area (Å²) < 4.78 is 0.973. The second-order valence-electron chi connectivity index (χ2n) is 4.09. The highest BCUT2D eigenvalue weighted by Crippen LogP contribution is 2.19. The lowest BCUT2D eigenvalue weighted by atomic mass is 10.1. The highest BCUT2D eigenvalue weighted by molar-refractivity contribution is 9.10. The quantitative estimate of drug-likeness (QED) is 0.708. The fourth-order valence-corrected chi connectivity index (χ4v) is 2.88. The first-order chi connectivity index (χ1) is 9.02. The van der Waals surface area contributed by atoms with Gasteiger partial charge in [0.15, 0.2) is 0 Å². The summed E-state index contributed by atoms with van der Waals surface area (Å²) in [5.41, 5.74) is 0. The molecular weight excluding hydrogens is 332 g/mol. The Bertz CT molecular complexity index is 436. The maximum Gasteiger partial charge on any atom is 0.326 e. The van der Waals surface area contributed by atoms with Crippen LogP contribution in [0.25, 0.3) is 0 Å². The first kappa shape index (κ1) is 16.0. The van der Waals surface area contributed by atoms with Crippen molar-refractivity contribution >= 4 is 39.3 Å². The van der Waals surface area contributed by atoms with Gasteiger partial charge in [-0.15, -0.1) is 11.3 Å². The Balaban J connectivity index is 2.37. The Morgan fingerprint density at radius 3 is 2.79 bits per heavy atom. The highest BCUT2D eigenvalue weighted by Gasteiger charge is 2.18. The average Bonchev–Trinajstić information content (AvgIpc) is 2.77. The minimum atomic E-state index is -0.998. The number of amides is 2. The van der Waals surface area contributed by atoms with Crippen molar-refractivity contribution in [2.24, 2.45) is 0 Å². The number of carboxylic acid groups (broad SMARTS) is 1. The number of hydrogen-bond donors (Lipinski definition) is 3. The largest absolute Gasteiger partial charge is 0.480 e. The molecule has 0 saturated heterocycles. The third-order valence-corrected chi connectivity index (χ3v) is 4.19. The van der Waals surface area contributed by atoms with Crippen molar-refractivity contribution < 1.29 is 14.7 Å². The van der Waals surface area contributed by atoms with Crippen LogP contribution in [-0.2, 0) is 11.3 Å². The predicted molar refractivity (Wildman–Crippen MR) is 78.3 cm³/mol. The van der Waals surface area contributed by atoms with Gasteiger partial charge in [-0.05, 0) is 28.4 Å². The molecule has 0 aliphatic carbocycles. The molecule has 1 rings (SSSR count).